The minimum Gasteiger partial charge on any atom is -0.465 e. The number of nitrogens with zero attached hydrogens (tertiary/aromatic N) is 1. The number of anilines is 2. The van der Waals surface area contributed by atoms with E-state index in [1.807, 2.05) is 0 Å². The fourth-order valence-corrected chi connectivity index (χ4v) is 3.33. The number of carbonyl (C=O) groups excluding carboxylic acids is 2. The van der Waals surface area contributed by atoms with Gasteiger partial charge in [0.1, 0.15) is 5.56 Å². The largest absolute Gasteiger partial charge is 0.465 e. The highest BCUT2D eigenvalue weighted by Gasteiger charge is 2.21. The molecular weight excluding hydrogens is 403 g/mol. The summed E-state index contributed by atoms with van der Waals surface area (Å²) in [6, 6.07) is 9.95. The fourth-order valence-electron chi connectivity index (χ4n) is 2.75. The van der Waals surface area contributed by atoms with Crippen LogP contribution in [0.25, 0.3) is 10.9 Å². The number of benzene rings is 2. The highest BCUT2D eigenvalue weighted by molar-refractivity contribution is 6.39. The van der Waals surface area contributed by atoms with E-state index in [0.29, 0.717) is 37.9 Å². The molecule has 0 spiro atoms. The van der Waals surface area contributed by atoms with Crippen LogP contribution in [-0.4, -0.2) is 30.6 Å². The Morgan fingerprint density at radius 2 is 1.86 bits per heavy atom. The first kappa shape index (κ1) is 19.9. The van der Waals surface area contributed by atoms with E-state index in [9.17, 15) is 9.59 Å². The molecule has 2 aromatic carbocycles. The predicted octanol–water partition coefficient (Wildman–Crippen LogP) is 5.25. The van der Waals surface area contributed by atoms with Gasteiger partial charge in [-0.25, -0.2) is 9.59 Å². The first-order valence-corrected chi connectivity index (χ1v) is 9.11. The van der Waals surface area contributed by atoms with Gasteiger partial charge in [0.15, 0.2) is 0 Å². The number of pyridine rings is 1. The third kappa shape index (κ3) is 3.88. The summed E-state index contributed by atoms with van der Waals surface area (Å²) >= 11 is 12.5. The van der Waals surface area contributed by atoms with Crippen molar-refractivity contribution >= 4 is 57.4 Å². The molecule has 0 unspecified atom stereocenters. The molecule has 0 aliphatic heterocycles. The molecule has 0 fully saturated rings. The van der Waals surface area contributed by atoms with Crippen molar-refractivity contribution in [1.82, 2.24) is 4.98 Å². The number of rotatable bonds is 5. The topological polar surface area (TPSA) is 77.5 Å². The van der Waals surface area contributed by atoms with Crippen molar-refractivity contribution in [3.63, 3.8) is 0 Å². The Bertz CT molecular complexity index is 1070. The molecule has 1 N–H and O–H groups in total. The minimum atomic E-state index is -0.569. The van der Waals surface area contributed by atoms with Gasteiger partial charge in [-0.15, -0.1) is 0 Å². The van der Waals surface area contributed by atoms with Crippen LogP contribution in [0.15, 0.2) is 42.6 Å². The van der Waals surface area contributed by atoms with E-state index in [1.165, 1.54) is 13.3 Å². The first-order chi connectivity index (χ1) is 13.5. The van der Waals surface area contributed by atoms with Crippen LogP contribution in [0.2, 0.25) is 10.0 Å². The second-order valence-electron chi connectivity index (χ2n) is 5.71. The van der Waals surface area contributed by atoms with E-state index in [-0.39, 0.29) is 12.2 Å². The molecule has 0 amide bonds. The van der Waals surface area contributed by atoms with Crippen LogP contribution in [-0.2, 0) is 9.47 Å². The lowest BCUT2D eigenvalue weighted by Crippen LogP contribution is -2.11. The minimum absolute atomic E-state index is 0.179. The van der Waals surface area contributed by atoms with Gasteiger partial charge in [0.25, 0.3) is 0 Å². The van der Waals surface area contributed by atoms with Gasteiger partial charge in [-0.1, -0.05) is 35.3 Å². The maximum absolute atomic E-state index is 12.5. The Morgan fingerprint density at radius 1 is 1.11 bits per heavy atom. The number of ether oxygens (including phenoxy) is 2. The van der Waals surface area contributed by atoms with Crippen molar-refractivity contribution in [1.29, 1.82) is 0 Å². The van der Waals surface area contributed by atoms with E-state index in [2.05, 4.69) is 10.3 Å². The van der Waals surface area contributed by atoms with Crippen LogP contribution in [0.4, 0.5) is 11.4 Å². The molecule has 6 nitrogen and oxygen atoms in total. The summed E-state index contributed by atoms with van der Waals surface area (Å²) in [5.41, 5.74) is 1.77. The number of para-hydroxylation sites is 1. The molecule has 0 saturated heterocycles. The lowest BCUT2D eigenvalue weighted by atomic mass is 10.1. The number of esters is 2. The summed E-state index contributed by atoms with van der Waals surface area (Å²) in [6.07, 6.45) is 1.38. The van der Waals surface area contributed by atoms with Crippen LogP contribution in [0.3, 0.4) is 0 Å². The third-order valence-electron chi connectivity index (χ3n) is 3.97. The zero-order valence-electron chi connectivity index (χ0n) is 15.1. The van der Waals surface area contributed by atoms with Gasteiger partial charge in [-0.3, -0.25) is 4.98 Å². The van der Waals surface area contributed by atoms with Crippen LogP contribution in [0.1, 0.15) is 27.6 Å². The Hall–Kier alpha value is -2.83. The molecule has 0 atom stereocenters. The van der Waals surface area contributed by atoms with Crippen molar-refractivity contribution in [2.75, 3.05) is 19.0 Å². The molecule has 1 aromatic heterocycles. The summed E-state index contributed by atoms with van der Waals surface area (Å²) in [6.45, 7) is 1.90. The van der Waals surface area contributed by atoms with Crippen molar-refractivity contribution in [3.05, 3.63) is 63.8 Å². The molecule has 1 heterocycles. The van der Waals surface area contributed by atoms with Crippen LogP contribution >= 0.6 is 23.2 Å². The van der Waals surface area contributed by atoms with Crippen LogP contribution in [0.5, 0.6) is 0 Å². The van der Waals surface area contributed by atoms with Gasteiger partial charge in [-0.05, 0) is 31.2 Å². The fraction of sp³-hybridized carbons (Fsp3) is 0.150. The molecule has 3 aromatic rings. The second kappa shape index (κ2) is 8.46. The smallest absolute Gasteiger partial charge is 0.341 e. The highest BCUT2D eigenvalue weighted by Crippen LogP contribution is 2.37. The Kier molecular flexibility index (Phi) is 6.02. The van der Waals surface area contributed by atoms with E-state index >= 15 is 0 Å². The average Bonchev–Trinajstić information content (AvgIpc) is 2.67. The van der Waals surface area contributed by atoms with Gasteiger partial charge < -0.3 is 14.8 Å². The van der Waals surface area contributed by atoms with Gasteiger partial charge in [-0.2, -0.15) is 0 Å². The number of aromatic nitrogens is 1. The SMILES string of the molecule is CCOC(=O)c1cnc2cc(Cl)cc(Cl)c2c1Nc1ccccc1C(=O)OC. The number of halogens is 2. The molecule has 0 radical (unpaired) electrons. The first-order valence-electron chi connectivity index (χ1n) is 8.35. The monoisotopic (exact) mass is 418 g/mol. The molecule has 8 heteroatoms. The molecule has 0 aliphatic carbocycles. The van der Waals surface area contributed by atoms with E-state index in [0.717, 1.165) is 0 Å². The Morgan fingerprint density at radius 3 is 2.57 bits per heavy atom. The number of hydrogen-bond donors (Lipinski definition) is 1. The summed E-state index contributed by atoms with van der Waals surface area (Å²) < 4.78 is 9.97. The number of nitrogens with one attached hydrogen (secondary N) is 1. The number of hydrogen-bond acceptors (Lipinski definition) is 6. The van der Waals surface area contributed by atoms with Crippen molar-refractivity contribution in [2.45, 2.75) is 6.92 Å². The van der Waals surface area contributed by atoms with E-state index in [4.69, 9.17) is 32.7 Å². The normalized spacial score (nSPS) is 10.6. The maximum atomic E-state index is 12.5. The Labute approximate surface area is 171 Å². The Balaban J connectivity index is 2.25. The molecule has 0 aliphatic rings. The standard InChI is InChI=1S/C20H16Cl2N2O4/c1-3-28-20(26)13-10-23-16-9-11(21)8-14(22)17(16)18(13)24-15-7-5-4-6-12(15)19(25)27-2/h4-10H,3H2,1-2H3,(H,23,24). The van der Waals surface area contributed by atoms with Crippen molar-refractivity contribution in [3.8, 4) is 0 Å². The molecule has 0 bridgehead atoms. The second-order valence-corrected chi connectivity index (χ2v) is 6.55. The van der Waals surface area contributed by atoms with Gasteiger partial charge in [0.05, 0.1) is 41.2 Å². The van der Waals surface area contributed by atoms with Gasteiger partial charge in [0, 0.05) is 16.6 Å². The van der Waals surface area contributed by atoms with E-state index < -0.39 is 11.9 Å². The van der Waals surface area contributed by atoms with Crippen molar-refractivity contribution < 1.29 is 19.1 Å². The zero-order chi connectivity index (χ0) is 20.3. The molecule has 144 valence electrons. The molecule has 28 heavy (non-hydrogen) atoms. The van der Waals surface area contributed by atoms with Crippen molar-refractivity contribution in [2.24, 2.45) is 0 Å². The third-order valence-corrected chi connectivity index (χ3v) is 4.49. The molecule has 3 rings (SSSR count). The average molecular weight is 419 g/mol. The number of carbonyl (C=O) groups is 2. The van der Waals surface area contributed by atoms with Crippen LogP contribution in [0, 0.1) is 0 Å². The summed E-state index contributed by atoms with van der Waals surface area (Å²) in [5.74, 6) is -1.09. The molecular formula is C20H16Cl2N2O4. The number of fused-ring (bicyclic) bond motifs is 1. The zero-order valence-corrected chi connectivity index (χ0v) is 16.6. The van der Waals surface area contributed by atoms with E-state index in [1.54, 1.807) is 43.3 Å². The van der Waals surface area contributed by atoms with Crippen LogP contribution < -0.4 is 5.32 Å². The highest BCUT2D eigenvalue weighted by atomic mass is 35.5. The summed E-state index contributed by atoms with van der Waals surface area (Å²) in [5, 5.41) is 4.33. The van der Waals surface area contributed by atoms with Gasteiger partial charge >= 0.3 is 11.9 Å². The molecule has 0 saturated carbocycles. The quantitative estimate of drug-likeness (QED) is 0.570. The summed E-state index contributed by atoms with van der Waals surface area (Å²) in [4.78, 5) is 28.9. The maximum Gasteiger partial charge on any atom is 0.341 e. The lowest BCUT2D eigenvalue weighted by Gasteiger charge is -2.17. The summed E-state index contributed by atoms with van der Waals surface area (Å²) in [7, 11) is 1.30. The predicted molar refractivity (Wildman–Crippen MR) is 109 cm³/mol. The lowest BCUT2D eigenvalue weighted by molar-refractivity contribution is 0.0526. The number of methoxy groups -OCH3 is 1. The van der Waals surface area contributed by atoms with Gasteiger partial charge in [0.2, 0.25) is 0 Å².